The predicted octanol–water partition coefficient (Wildman–Crippen LogP) is 4.99. The average molecular weight is 452 g/mol. The van der Waals surface area contributed by atoms with Crippen LogP contribution in [0.1, 0.15) is 51.0 Å². The first-order chi connectivity index (χ1) is 15.9. The van der Waals surface area contributed by atoms with Gasteiger partial charge in [-0.1, -0.05) is 31.4 Å². The molecule has 1 spiro atoms. The van der Waals surface area contributed by atoms with Crippen molar-refractivity contribution in [1.82, 2.24) is 0 Å². The summed E-state index contributed by atoms with van der Waals surface area (Å²) in [5.41, 5.74) is 8.96. The third-order valence-electron chi connectivity index (χ3n) is 6.67. The summed E-state index contributed by atoms with van der Waals surface area (Å²) < 4.78 is 18.6. The van der Waals surface area contributed by atoms with E-state index in [0.29, 0.717) is 24.2 Å². The minimum Gasteiger partial charge on any atom is -0.464 e. The maximum absolute atomic E-state index is 13.3. The number of anilines is 3. The van der Waals surface area contributed by atoms with E-state index < -0.39 is 11.5 Å². The van der Waals surface area contributed by atoms with Crippen LogP contribution in [0.5, 0.6) is 0 Å². The number of nitrogens with one attached hydrogen (secondary N) is 1. The molecule has 2 aliphatic rings. The van der Waals surface area contributed by atoms with E-state index in [1.54, 1.807) is 13.0 Å². The largest absolute Gasteiger partial charge is 0.464 e. The molecular formula is C26H30FN3O3. The molecule has 0 unspecified atom stereocenters. The number of hydrogen-bond donors (Lipinski definition) is 2. The number of carbonyl (C=O) groups excluding carboxylic acids is 2. The van der Waals surface area contributed by atoms with Crippen LogP contribution < -0.4 is 11.1 Å². The zero-order valence-corrected chi connectivity index (χ0v) is 18.9. The summed E-state index contributed by atoms with van der Waals surface area (Å²) >= 11 is 0. The smallest absolute Gasteiger partial charge is 0.331 e. The molecule has 2 saturated carbocycles. The topological polar surface area (TPSA) is 93.8 Å². The van der Waals surface area contributed by atoms with Crippen molar-refractivity contribution in [2.45, 2.75) is 57.9 Å². The van der Waals surface area contributed by atoms with Gasteiger partial charge in [0.25, 0.3) is 0 Å². The first-order valence-corrected chi connectivity index (χ1v) is 11.6. The lowest BCUT2D eigenvalue weighted by molar-refractivity contribution is -0.144. The fourth-order valence-corrected chi connectivity index (χ4v) is 4.80. The first-order valence-electron chi connectivity index (χ1n) is 11.6. The fraction of sp³-hybridized carbons (Fsp3) is 0.423. The lowest BCUT2D eigenvalue weighted by Crippen LogP contribution is -2.52. The van der Waals surface area contributed by atoms with Crippen LogP contribution in [0.2, 0.25) is 0 Å². The molecule has 2 fully saturated rings. The van der Waals surface area contributed by atoms with Crippen LogP contribution in [0.4, 0.5) is 21.5 Å². The van der Waals surface area contributed by atoms with E-state index in [4.69, 9.17) is 15.5 Å². The highest BCUT2D eigenvalue weighted by Crippen LogP contribution is 2.47. The number of hydrogen-bond acceptors (Lipinski definition) is 6. The average Bonchev–Trinajstić information content (AvgIpc) is 2.82. The van der Waals surface area contributed by atoms with Crippen LogP contribution in [0, 0.1) is 11.2 Å². The van der Waals surface area contributed by atoms with E-state index >= 15 is 0 Å². The summed E-state index contributed by atoms with van der Waals surface area (Å²) in [7, 11) is 0. The predicted molar refractivity (Wildman–Crippen MR) is 127 cm³/mol. The maximum Gasteiger partial charge on any atom is 0.331 e. The molecule has 3 N–H and O–H groups in total. The van der Waals surface area contributed by atoms with Crippen LogP contribution in [-0.4, -0.2) is 30.1 Å². The number of ether oxygens (including phenoxy) is 1. The second kappa shape index (κ2) is 9.73. The van der Waals surface area contributed by atoms with Crippen LogP contribution in [-0.2, 0) is 20.7 Å². The van der Waals surface area contributed by atoms with Crippen molar-refractivity contribution in [1.29, 1.82) is 0 Å². The summed E-state index contributed by atoms with van der Waals surface area (Å²) in [6.45, 7) is 2.06. The highest BCUT2D eigenvalue weighted by Gasteiger charge is 2.52. The van der Waals surface area contributed by atoms with Gasteiger partial charge in [-0.15, -0.1) is 0 Å². The SMILES string of the molecule is CCOC(=O)[C@H](Cc1ccc(Nc2ccc(F)cc2N)cc1)N=C1CC(=O)C12CCCCC2. The molecule has 2 aliphatic carbocycles. The Labute approximate surface area is 193 Å². The van der Waals surface area contributed by atoms with E-state index in [1.165, 1.54) is 12.1 Å². The third kappa shape index (κ3) is 4.92. The van der Waals surface area contributed by atoms with Gasteiger partial charge in [0.05, 0.1) is 23.4 Å². The molecule has 2 aromatic rings. The molecule has 0 aromatic heterocycles. The zero-order valence-electron chi connectivity index (χ0n) is 18.9. The molecule has 0 amide bonds. The Morgan fingerprint density at radius 3 is 2.55 bits per heavy atom. The van der Waals surface area contributed by atoms with E-state index in [2.05, 4.69) is 5.32 Å². The second-order valence-corrected chi connectivity index (χ2v) is 8.84. The highest BCUT2D eigenvalue weighted by atomic mass is 19.1. The van der Waals surface area contributed by atoms with Gasteiger partial charge in [0.1, 0.15) is 11.6 Å². The van der Waals surface area contributed by atoms with E-state index in [1.807, 2.05) is 24.3 Å². The van der Waals surface area contributed by atoms with Crippen molar-refractivity contribution >= 4 is 34.5 Å². The quantitative estimate of drug-likeness (QED) is 0.457. The number of Topliss-reactive ketones (excluding diaryl/α,β-unsaturated/α-hetero) is 1. The van der Waals surface area contributed by atoms with Crippen molar-refractivity contribution in [3.63, 3.8) is 0 Å². The lowest BCUT2D eigenvalue weighted by atomic mass is 9.58. The Kier molecular flexibility index (Phi) is 6.77. The summed E-state index contributed by atoms with van der Waals surface area (Å²) in [6, 6.07) is 11.1. The van der Waals surface area contributed by atoms with Crippen molar-refractivity contribution in [2.24, 2.45) is 10.4 Å². The molecule has 0 radical (unpaired) electrons. The Balaban J connectivity index is 1.50. The molecule has 174 valence electrons. The minimum atomic E-state index is -0.668. The Hall–Kier alpha value is -3.22. The molecule has 4 rings (SSSR count). The molecule has 0 heterocycles. The lowest BCUT2D eigenvalue weighted by Gasteiger charge is -2.44. The molecule has 0 bridgehead atoms. The van der Waals surface area contributed by atoms with Gasteiger partial charge in [0.2, 0.25) is 0 Å². The number of rotatable bonds is 7. The molecule has 7 heteroatoms. The second-order valence-electron chi connectivity index (χ2n) is 8.84. The summed E-state index contributed by atoms with van der Waals surface area (Å²) in [6.07, 6.45) is 5.63. The molecule has 1 atom stereocenters. The minimum absolute atomic E-state index is 0.263. The Morgan fingerprint density at radius 2 is 1.91 bits per heavy atom. The van der Waals surface area contributed by atoms with Gasteiger partial charge in [-0.2, -0.15) is 0 Å². The first kappa shape index (κ1) is 23.0. The monoisotopic (exact) mass is 451 g/mol. The molecule has 33 heavy (non-hydrogen) atoms. The number of benzene rings is 2. The maximum atomic E-state index is 13.3. The number of esters is 1. The van der Waals surface area contributed by atoms with Gasteiger partial charge < -0.3 is 15.8 Å². The standard InChI is InChI=1S/C26H30FN3O3/c1-2-33-25(32)22(30-23-16-24(31)26(23)12-4-3-5-13-26)14-17-6-9-19(10-7-17)29-21-11-8-18(27)15-20(21)28/h6-11,15,22,29H,2-5,12-14,16,28H2,1H3/t22-/m0/s1. The number of aliphatic imine (C=N–C) groups is 1. The number of nitrogens with zero attached hydrogens (tertiary/aromatic N) is 1. The fourth-order valence-electron chi connectivity index (χ4n) is 4.80. The zero-order chi connectivity index (χ0) is 23.4. The van der Waals surface area contributed by atoms with Crippen molar-refractivity contribution in [3.05, 3.63) is 53.8 Å². The van der Waals surface area contributed by atoms with E-state index in [-0.39, 0.29) is 24.2 Å². The summed E-state index contributed by atoms with van der Waals surface area (Å²) in [4.78, 5) is 29.9. The van der Waals surface area contributed by atoms with Crippen LogP contribution in [0.25, 0.3) is 0 Å². The van der Waals surface area contributed by atoms with Gasteiger partial charge >= 0.3 is 5.97 Å². The summed E-state index contributed by atoms with van der Waals surface area (Å²) in [5, 5.41) is 3.17. The van der Waals surface area contributed by atoms with Crippen LogP contribution in [0.15, 0.2) is 47.5 Å². The van der Waals surface area contributed by atoms with Crippen LogP contribution >= 0.6 is 0 Å². The van der Waals surface area contributed by atoms with Gasteiger partial charge in [-0.25, -0.2) is 9.18 Å². The van der Waals surface area contributed by atoms with Crippen molar-refractivity contribution in [2.75, 3.05) is 17.7 Å². The van der Waals surface area contributed by atoms with E-state index in [9.17, 15) is 14.0 Å². The van der Waals surface area contributed by atoms with Gasteiger partial charge in [0.15, 0.2) is 6.04 Å². The molecule has 0 aliphatic heterocycles. The van der Waals surface area contributed by atoms with E-state index in [0.717, 1.165) is 49.1 Å². The Morgan fingerprint density at radius 1 is 1.18 bits per heavy atom. The van der Waals surface area contributed by atoms with Gasteiger partial charge in [0, 0.05) is 24.2 Å². The number of nitrogen functional groups attached to an aromatic ring is 1. The number of nitrogens with two attached hydrogens (primary N) is 1. The molecular weight excluding hydrogens is 421 g/mol. The number of carbonyl (C=O) groups is 2. The van der Waals surface area contributed by atoms with Gasteiger partial charge in [-0.3, -0.25) is 9.79 Å². The third-order valence-corrected chi connectivity index (χ3v) is 6.67. The summed E-state index contributed by atoms with van der Waals surface area (Å²) in [5.74, 6) is -0.487. The highest BCUT2D eigenvalue weighted by molar-refractivity contribution is 6.27. The molecule has 6 nitrogen and oxygen atoms in total. The normalized spacial score (nSPS) is 19.2. The molecule has 2 aromatic carbocycles. The Bertz CT molecular complexity index is 1060. The number of halogens is 1. The molecule has 0 saturated heterocycles. The van der Waals surface area contributed by atoms with Gasteiger partial charge in [-0.05, 0) is 55.7 Å². The van der Waals surface area contributed by atoms with Crippen LogP contribution in [0.3, 0.4) is 0 Å². The number of ketones is 1. The van der Waals surface area contributed by atoms with Crippen molar-refractivity contribution in [3.8, 4) is 0 Å². The van der Waals surface area contributed by atoms with Crippen molar-refractivity contribution < 1.29 is 18.7 Å².